The zero-order valence-corrected chi connectivity index (χ0v) is 15.5. The minimum Gasteiger partial charge on any atom is -0.321 e. The van der Waals surface area contributed by atoms with Crippen molar-refractivity contribution in [3.05, 3.63) is 82.8 Å². The Labute approximate surface area is 158 Å². The van der Waals surface area contributed by atoms with Crippen molar-refractivity contribution in [1.29, 1.82) is 5.26 Å². The number of hydrogen-bond donors (Lipinski definition) is 1. The van der Waals surface area contributed by atoms with Crippen LogP contribution >= 0.6 is 0 Å². The first-order valence-corrected chi connectivity index (χ1v) is 8.60. The number of aromatic nitrogens is 2. The van der Waals surface area contributed by atoms with E-state index in [1.807, 2.05) is 79.9 Å². The summed E-state index contributed by atoms with van der Waals surface area (Å²) in [5.74, 6) is 0.379. The number of nitrogens with one attached hydrogen (secondary N) is 1. The summed E-state index contributed by atoms with van der Waals surface area (Å²) in [4.78, 5) is 16.9. The van der Waals surface area contributed by atoms with Gasteiger partial charge in [-0.25, -0.2) is 4.98 Å². The van der Waals surface area contributed by atoms with Crippen LogP contribution in [0.2, 0.25) is 0 Å². The molecule has 27 heavy (non-hydrogen) atoms. The number of carbonyl (C=O) groups excluding carboxylic acids is 1. The normalized spacial score (nSPS) is 11.1. The summed E-state index contributed by atoms with van der Waals surface area (Å²) in [6.07, 6.45) is 3.36. The third kappa shape index (κ3) is 3.80. The number of nitrogens with zero attached hydrogens (tertiary/aromatic N) is 3. The van der Waals surface area contributed by atoms with Gasteiger partial charge in [0, 0.05) is 23.3 Å². The van der Waals surface area contributed by atoms with Gasteiger partial charge >= 0.3 is 0 Å². The van der Waals surface area contributed by atoms with Crippen LogP contribution in [0.4, 0.5) is 5.69 Å². The lowest BCUT2D eigenvalue weighted by molar-refractivity contribution is -0.112. The number of pyridine rings is 1. The molecule has 0 bridgehead atoms. The summed E-state index contributed by atoms with van der Waals surface area (Å²) >= 11 is 0. The molecule has 3 rings (SSSR count). The van der Waals surface area contributed by atoms with Crippen molar-refractivity contribution >= 4 is 17.7 Å². The molecule has 0 unspecified atom stereocenters. The minimum absolute atomic E-state index is 0.0551. The van der Waals surface area contributed by atoms with Gasteiger partial charge in [-0.15, -0.1) is 0 Å². The number of anilines is 1. The number of amides is 1. The van der Waals surface area contributed by atoms with E-state index in [1.54, 1.807) is 12.3 Å². The monoisotopic (exact) mass is 356 g/mol. The second-order valence-corrected chi connectivity index (χ2v) is 6.29. The SMILES string of the molecule is Cc1ccccc1NC(=O)C(C#N)=Cc1cc(C)n(-c2ccccn2)c1C. The van der Waals surface area contributed by atoms with Crippen molar-refractivity contribution in [3.63, 3.8) is 0 Å². The van der Waals surface area contributed by atoms with Gasteiger partial charge in [-0.1, -0.05) is 24.3 Å². The van der Waals surface area contributed by atoms with E-state index in [-0.39, 0.29) is 5.57 Å². The van der Waals surface area contributed by atoms with Crippen LogP contribution in [0, 0.1) is 32.1 Å². The van der Waals surface area contributed by atoms with Crippen molar-refractivity contribution in [2.75, 3.05) is 5.32 Å². The molecule has 2 heterocycles. The molecule has 0 radical (unpaired) electrons. The predicted molar refractivity (Wildman–Crippen MR) is 106 cm³/mol. The van der Waals surface area contributed by atoms with E-state index in [0.29, 0.717) is 5.69 Å². The maximum Gasteiger partial charge on any atom is 0.266 e. The zero-order chi connectivity index (χ0) is 19.4. The highest BCUT2D eigenvalue weighted by Crippen LogP contribution is 2.22. The number of rotatable bonds is 4. The molecule has 134 valence electrons. The third-order valence-corrected chi connectivity index (χ3v) is 4.41. The van der Waals surface area contributed by atoms with Gasteiger partial charge in [0.25, 0.3) is 5.91 Å². The van der Waals surface area contributed by atoms with Gasteiger partial charge in [0.1, 0.15) is 17.5 Å². The van der Waals surface area contributed by atoms with Crippen molar-refractivity contribution in [2.45, 2.75) is 20.8 Å². The lowest BCUT2D eigenvalue weighted by Crippen LogP contribution is -2.14. The predicted octanol–water partition coefficient (Wildman–Crippen LogP) is 4.34. The smallest absolute Gasteiger partial charge is 0.266 e. The lowest BCUT2D eigenvalue weighted by atomic mass is 10.1. The highest BCUT2D eigenvalue weighted by Gasteiger charge is 2.14. The third-order valence-electron chi connectivity index (χ3n) is 4.41. The van der Waals surface area contributed by atoms with E-state index < -0.39 is 5.91 Å². The van der Waals surface area contributed by atoms with Crippen LogP contribution < -0.4 is 5.32 Å². The van der Waals surface area contributed by atoms with E-state index >= 15 is 0 Å². The van der Waals surface area contributed by atoms with Gasteiger partial charge in [0.2, 0.25) is 0 Å². The average Bonchev–Trinajstić information content (AvgIpc) is 2.95. The average molecular weight is 356 g/mol. The van der Waals surface area contributed by atoms with Crippen LogP contribution in [0.1, 0.15) is 22.5 Å². The van der Waals surface area contributed by atoms with E-state index in [9.17, 15) is 10.1 Å². The second-order valence-electron chi connectivity index (χ2n) is 6.29. The van der Waals surface area contributed by atoms with Gasteiger partial charge in [-0.3, -0.25) is 4.79 Å². The molecule has 1 amide bonds. The fraction of sp³-hybridized carbons (Fsp3) is 0.136. The molecule has 0 fully saturated rings. The molecule has 1 aromatic carbocycles. The summed E-state index contributed by atoms with van der Waals surface area (Å²) in [6.45, 7) is 5.83. The Bertz CT molecular complexity index is 1060. The van der Waals surface area contributed by atoms with Crippen LogP contribution in [0.5, 0.6) is 0 Å². The Kier molecular flexibility index (Phi) is 5.18. The topological polar surface area (TPSA) is 70.7 Å². The quantitative estimate of drug-likeness (QED) is 0.558. The summed E-state index contributed by atoms with van der Waals surface area (Å²) in [6, 6.07) is 17.1. The number of carbonyl (C=O) groups is 1. The molecule has 3 aromatic rings. The van der Waals surface area contributed by atoms with Gasteiger partial charge in [-0.2, -0.15) is 5.26 Å². The van der Waals surface area contributed by atoms with E-state index in [1.165, 1.54) is 0 Å². The number of para-hydroxylation sites is 1. The summed E-state index contributed by atoms with van der Waals surface area (Å²) in [7, 11) is 0. The Balaban J connectivity index is 1.94. The largest absolute Gasteiger partial charge is 0.321 e. The first kappa shape index (κ1) is 18.2. The molecule has 0 aliphatic heterocycles. The number of nitriles is 1. The summed E-state index contributed by atoms with van der Waals surface area (Å²) in [5, 5.41) is 12.3. The Hall–Kier alpha value is -3.65. The number of benzene rings is 1. The molecular weight excluding hydrogens is 336 g/mol. The molecule has 5 heteroatoms. The zero-order valence-electron chi connectivity index (χ0n) is 15.5. The highest BCUT2D eigenvalue weighted by atomic mass is 16.1. The van der Waals surface area contributed by atoms with Crippen LogP contribution in [-0.2, 0) is 4.79 Å². The minimum atomic E-state index is -0.422. The van der Waals surface area contributed by atoms with Crippen molar-refractivity contribution in [3.8, 4) is 11.9 Å². The van der Waals surface area contributed by atoms with E-state index in [0.717, 1.165) is 28.3 Å². The molecule has 1 N–H and O–H groups in total. The maximum atomic E-state index is 12.6. The summed E-state index contributed by atoms with van der Waals surface area (Å²) < 4.78 is 2.00. The molecule has 2 aromatic heterocycles. The van der Waals surface area contributed by atoms with Crippen LogP contribution in [0.25, 0.3) is 11.9 Å². The van der Waals surface area contributed by atoms with Crippen molar-refractivity contribution in [2.24, 2.45) is 0 Å². The lowest BCUT2D eigenvalue weighted by Gasteiger charge is -2.08. The van der Waals surface area contributed by atoms with Gasteiger partial charge < -0.3 is 9.88 Å². The highest BCUT2D eigenvalue weighted by molar-refractivity contribution is 6.10. The molecule has 0 saturated carbocycles. The number of aryl methyl sites for hydroxylation is 2. The van der Waals surface area contributed by atoms with Crippen LogP contribution in [-0.4, -0.2) is 15.5 Å². The molecule has 0 saturated heterocycles. The van der Waals surface area contributed by atoms with Crippen LogP contribution in [0.15, 0.2) is 60.3 Å². The number of hydrogen-bond acceptors (Lipinski definition) is 3. The second kappa shape index (κ2) is 7.71. The molecule has 0 atom stereocenters. The fourth-order valence-corrected chi connectivity index (χ4v) is 2.98. The molecule has 0 aliphatic carbocycles. The summed E-state index contributed by atoms with van der Waals surface area (Å²) in [5.41, 5.74) is 4.41. The first-order chi connectivity index (χ1) is 13.0. The van der Waals surface area contributed by atoms with Crippen molar-refractivity contribution in [1.82, 2.24) is 9.55 Å². The van der Waals surface area contributed by atoms with Crippen LogP contribution in [0.3, 0.4) is 0 Å². The fourth-order valence-electron chi connectivity index (χ4n) is 2.98. The Morgan fingerprint density at radius 1 is 1.15 bits per heavy atom. The van der Waals surface area contributed by atoms with E-state index in [4.69, 9.17) is 0 Å². The molecule has 0 spiro atoms. The standard InChI is InChI=1S/C22H20N4O/c1-15-8-4-5-9-20(15)25-22(27)19(14-23)13-18-12-16(2)26(17(18)3)21-10-6-7-11-24-21/h4-13H,1-3H3,(H,25,27). The molecular formula is C22H20N4O. The Morgan fingerprint density at radius 3 is 2.56 bits per heavy atom. The van der Waals surface area contributed by atoms with Gasteiger partial charge in [0.15, 0.2) is 0 Å². The Morgan fingerprint density at radius 2 is 1.89 bits per heavy atom. The van der Waals surface area contributed by atoms with Gasteiger partial charge in [-0.05, 0) is 62.2 Å². The maximum absolute atomic E-state index is 12.6. The molecule has 0 aliphatic rings. The first-order valence-electron chi connectivity index (χ1n) is 8.60. The van der Waals surface area contributed by atoms with E-state index in [2.05, 4.69) is 10.3 Å². The molecule has 5 nitrogen and oxygen atoms in total. The van der Waals surface area contributed by atoms with Crippen molar-refractivity contribution < 1.29 is 4.79 Å². The van der Waals surface area contributed by atoms with Gasteiger partial charge in [0.05, 0.1) is 0 Å².